The Morgan fingerprint density at radius 2 is 1.50 bits per heavy atom. The monoisotopic (exact) mass is 194 g/mol. The van der Waals surface area contributed by atoms with Crippen LogP contribution in [0.1, 0.15) is 20.8 Å². The van der Waals surface area contributed by atoms with Crippen molar-refractivity contribution in [2.24, 2.45) is 0 Å². The third kappa shape index (κ3) is 4.76. The van der Waals surface area contributed by atoms with Crippen molar-refractivity contribution in [2.45, 2.75) is 26.4 Å². The van der Waals surface area contributed by atoms with Crippen LogP contribution in [0.5, 0.6) is 0 Å². The fourth-order valence-electron chi connectivity index (χ4n) is 0. The van der Waals surface area contributed by atoms with Gasteiger partial charge in [0.2, 0.25) is 0 Å². The zero-order valence-corrected chi connectivity index (χ0v) is 7.78. The first-order chi connectivity index (χ1) is 2.56. The summed E-state index contributed by atoms with van der Waals surface area (Å²) < 4.78 is 5.07. The SMILES string of the molecule is CC(C)(C)[O][SnH]. The van der Waals surface area contributed by atoms with Crippen molar-refractivity contribution in [2.75, 3.05) is 0 Å². The molecular weight excluding hydrogens is 183 g/mol. The second-order valence-corrected chi connectivity index (χ2v) is 2.90. The molecule has 0 aromatic rings. The summed E-state index contributed by atoms with van der Waals surface area (Å²) in [7, 11) is 0. The van der Waals surface area contributed by atoms with Crippen LogP contribution in [0.3, 0.4) is 0 Å². The van der Waals surface area contributed by atoms with Gasteiger partial charge in [-0.05, 0) is 0 Å². The summed E-state index contributed by atoms with van der Waals surface area (Å²) >= 11 is 0.903. The summed E-state index contributed by atoms with van der Waals surface area (Å²) in [6.07, 6.45) is 0. The van der Waals surface area contributed by atoms with E-state index >= 15 is 0 Å². The molecule has 0 aromatic heterocycles. The normalized spacial score (nSPS) is 12.0. The molecule has 0 unspecified atom stereocenters. The Morgan fingerprint density at radius 1 is 1.33 bits per heavy atom. The van der Waals surface area contributed by atoms with Crippen LogP contribution in [-0.2, 0) is 3.07 Å². The van der Waals surface area contributed by atoms with E-state index in [9.17, 15) is 0 Å². The van der Waals surface area contributed by atoms with Crippen molar-refractivity contribution in [3.63, 3.8) is 0 Å². The van der Waals surface area contributed by atoms with E-state index in [4.69, 9.17) is 3.07 Å². The van der Waals surface area contributed by atoms with Crippen molar-refractivity contribution in [1.82, 2.24) is 0 Å². The molecule has 0 fully saturated rings. The zero-order valence-electron chi connectivity index (χ0n) is 4.49. The van der Waals surface area contributed by atoms with Crippen LogP contribution in [0.2, 0.25) is 0 Å². The van der Waals surface area contributed by atoms with Crippen LogP contribution in [0.15, 0.2) is 0 Å². The molecule has 6 heavy (non-hydrogen) atoms. The molecule has 36 valence electrons. The zero-order chi connectivity index (χ0) is 5.21. The minimum absolute atomic E-state index is 0.0994. The maximum atomic E-state index is 5.07. The summed E-state index contributed by atoms with van der Waals surface area (Å²) in [5.41, 5.74) is 0.0994. The Hall–Kier alpha value is 0.759. The van der Waals surface area contributed by atoms with Crippen LogP contribution >= 0.6 is 0 Å². The van der Waals surface area contributed by atoms with E-state index in [-0.39, 0.29) is 5.60 Å². The van der Waals surface area contributed by atoms with E-state index in [2.05, 4.69) is 20.8 Å². The first-order valence-electron chi connectivity index (χ1n) is 1.94. The third-order valence-electron chi connectivity index (χ3n) is 0.354. The summed E-state index contributed by atoms with van der Waals surface area (Å²) in [5.74, 6) is 0. The first kappa shape index (κ1) is 6.76. The van der Waals surface area contributed by atoms with Gasteiger partial charge in [-0.3, -0.25) is 0 Å². The summed E-state index contributed by atoms with van der Waals surface area (Å²) in [4.78, 5) is 0. The molecule has 0 spiro atoms. The van der Waals surface area contributed by atoms with Gasteiger partial charge >= 0.3 is 52.4 Å². The molecule has 0 heterocycles. The minimum atomic E-state index is 0.0994. The van der Waals surface area contributed by atoms with Gasteiger partial charge in [0, 0.05) is 0 Å². The van der Waals surface area contributed by atoms with Crippen LogP contribution < -0.4 is 0 Å². The second kappa shape index (κ2) is 2.17. The molecule has 1 nitrogen and oxygen atoms in total. The molecule has 0 aliphatic carbocycles. The molecule has 0 bridgehead atoms. The van der Waals surface area contributed by atoms with Crippen molar-refractivity contribution in [3.05, 3.63) is 0 Å². The molecule has 0 rings (SSSR count). The van der Waals surface area contributed by atoms with E-state index < -0.39 is 0 Å². The van der Waals surface area contributed by atoms with E-state index in [0.29, 0.717) is 0 Å². The first-order valence-corrected chi connectivity index (χ1v) is 3.29. The van der Waals surface area contributed by atoms with Gasteiger partial charge in [0.25, 0.3) is 0 Å². The van der Waals surface area contributed by atoms with Gasteiger partial charge in [-0.2, -0.15) is 0 Å². The van der Waals surface area contributed by atoms with Gasteiger partial charge in [0.15, 0.2) is 0 Å². The molecule has 0 N–H and O–H groups in total. The number of hydrogen-bond donors (Lipinski definition) is 0. The Morgan fingerprint density at radius 3 is 1.50 bits per heavy atom. The molecule has 0 amide bonds. The third-order valence-corrected chi connectivity index (χ3v) is 2.37. The fourth-order valence-corrected chi connectivity index (χ4v) is 0. The Balaban J connectivity index is 3.17. The molecule has 0 saturated heterocycles. The van der Waals surface area contributed by atoms with Crippen LogP contribution in [-0.4, -0.2) is 28.5 Å². The fraction of sp³-hybridized carbons (Fsp3) is 1.00. The topological polar surface area (TPSA) is 9.23 Å². The average molecular weight is 193 g/mol. The summed E-state index contributed by atoms with van der Waals surface area (Å²) in [6, 6.07) is 0. The van der Waals surface area contributed by atoms with Crippen molar-refractivity contribution >= 4 is 22.9 Å². The van der Waals surface area contributed by atoms with E-state index in [1.165, 1.54) is 0 Å². The average Bonchev–Trinajstić information content (AvgIpc) is 1.35. The molecule has 2 radical (unpaired) electrons. The molecule has 0 aliphatic heterocycles. The summed E-state index contributed by atoms with van der Waals surface area (Å²) in [6.45, 7) is 6.16. The Bertz CT molecular complexity index is 37.3. The van der Waals surface area contributed by atoms with Gasteiger partial charge in [0.1, 0.15) is 0 Å². The number of rotatable bonds is 0. The van der Waals surface area contributed by atoms with Crippen molar-refractivity contribution in [3.8, 4) is 0 Å². The number of hydrogen-bond acceptors (Lipinski definition) is 1. The summed E-state index contributed by atoms with van der Waals surface area (Å²) in [5, 5.41) is 0. The van der Waals surface area contributed by atoms with Gasteiger partial charge in [-0.25, -0.2) is 0 Å². The molecular formula is C4H10OSn. The Kier molecular flexibility index (Phi) is 2.44. The molecule has 0 aromatic carbocycles. The van der Waals surface area contributed by atoms with Gasteiger partial charge in [-0.1, -0.05) is 0 Å². The van der Waals surface area contributed by atoms with E-state index in [1.54, 1.807) is 0 Å². The maximum absolute atomic E-state index is 5.07. The van der Waals surface area contributed by atoms with Gasteiger partial charge < -0.3 is 0 Å². The van der Waals surface area contributed by atoms with Crippen molar-refractivity contribution < 1.29 is 3.07 Å². The van der Waals surface area contributed by atoms with E-state index in [1.807, 2.05) is 0 Å². The quantitative estimate of drug-likeness (QED) is 0.512. The molecule has 0 saturated carbocycles. The van der Waals surface area contributed by atoms with Crippen LogP contribution in [0.4, 0.5) is 0 Å². The van der Waals surface area contributed by atoms with Gasteiger partial charge in [-0.15, -0.1) is 0 Å². The van der Waals surface area contributed by atoms with E-state index in [0.717, 1.165) is 22.9 Å². The molecule has 0 aliphatic rings. The predicted octanol–water partition coefficient (Wildman–Crippen LogP) is 0.617. The van der Waals surface area contributed by atoms with Crippen LogP contribution in [0.25, 0.3) is 0 Å². The second-order valence-electron chi connectivity index (χ2n) is 2.23. The molecule has 2 heteroatoms. The predicted molar refractivity (Wildman–Crippen MR) is 28.0 cm³/mol. The van der Waals surface area contributed by atoms with Gasteiger partial charge in [0.05, 0.1) is 0 Å². The molecule has 0 atom stereocenters. The standard InChI is InChI=1S/C4H9O.Sn.H/c1-4(2,3)5;;/h1-3H3;;/q-1;+1;. The van der Waals surface area contributed by atoms with Crippen LogP contribution in [0, 0.1) is 0 Å². The Labute approximate surface area is 52.7 Å². The van der Waals surface area contributed by atoms with Crippen molar-refractivity contribution in [1.29, 1.82) is 0 Å².